The molecule has 1 aromatic rings. The molecule has 3 saturated heterocycles. The molecule has 1 amide bonds. The van der Waals surface area contributed by atoms with E-state index < -0.39 is 5.91 Å². The van der Waals surface area contributed by atoms with Crippen LogP contribution in [-0.4, -0.2) is 41.5 Å². The molecule has 3 aliphatic rings. The van der Waals surface area contributed by atoms with Crippen LogP contribution < -0.4 is 11.1 Å². The molecular formula is C13H18N4O. The number of carbonyl (C=O) groups excluding carboxylic acids is 1. The lowest BCUT2D eigenvalue weighted by Crippen LogP contribution is -2.53. The van der Waals surface area contributed by atoms with Crippen LogP contribution in [0.2, 0.25) is 0 Å². The highest BCUT2D eigenvalue weighted by Crippen LogP contribution is 2.29. The van der Waals surface area contributed by atoms with Crippen molar-refractivity contribution in [2.45, 2.75) is 18.9 Å². The average molecular weight is 246 g/mol. The van der Waals surface area contributed by atoms with Gasteiger partial charge in [-0.25, -0.2) is 4.98 Å². The topological polar surface area (TPSA) is 71.2 Å². The number of nitrogens with zero attached hydrogens (tertiary/aromatic N) is 2. The standard InChI is InChI=1S/C13H18N4O/c14-13(18)10-1-2-12(15-7-10)16-11-8-17-5-3-9(11)4-6-17/h1-2,7,9,11H,3-6,8H2,(H2,14,18)(H,15,16). The van der Waals surface area contributed by atoms with E-state index in [1.54, 1.807) is 6.07 Å². The van der Waals surface area contributed by atoms with Crippen LogP contribution in [0.15, 0.2) is 18.3 Å². The van der Waals surface area contributed by atoms with Crippen molar-refractivity contribution in [3.05, 3.63) is 23.9 Å². The SMILES string of the molecule is NC(=O)c1ccc(NC2CN3CCC2CC3)nc1. The second-order valence-electron chi connectivity index (χ2n) is 5.19. The van der Waals surface area contributed by atoms with Gasteiger partial charge >= 0.3 is 0 Å². The van der Waals surface area contributed by atoms with Gasteiger partial charge in [-0.1, -0.05) is 0 Å². The first-order chi connectivity index (χ1) is 8.72. The van der Waals surface area contributed by atoms with E-state index in [1.165, 1.54) is 32.1 Å². The first-order valence-corrected chi connectivity index (χ1v) is 6.47. The van der Waals surface area contributed by atoms with Crippen molar-refractivity contribution in [1.29, 1.82) is 0 Å². The highest BCUT2D eigenvalue weighted by molar-refractivity contribution is 5.92. The molecule has 3 fully saturated rings. The number of pyridine rings is 1. The molecule has 0 spiro atoms. The number of hydrogen-bond acceptors (Lipinski definition) is 4. The Balaban J connectivity index is 1.67. The van der Waals surface area contributed by atoms with E-state index in [4.69, 9.17) is 5.73 Å². The second-order valence-corrected chi connectivity index (χ2v) is 5.19. The van der Waals surface area contributed by atoms with Gasteiger partial charge < -0.3 is 16.0 Å². The number of amides is 1. The summed E-state index contributed by atoms with van der Waals surface area (Å²) in [6.07, 6.45) is 4.08. The number of fused-ring (bicyclic) bond motifs is 3. The third-order valence-corrected chi connectivity index (χ3v) is 4.04. The molecule has 2 bridgehead atoms. The van der Waals surface area contributed by atoms with Gasteiger partial charge in [0.1, 0.15) is 5.82 Å². The van der Waals surface area contributed by atoms with Crippen molar-refractivity contribution >= 4 is 11.7 Å². The van der Waals surface area contributed by atoms with Gasteiger partial charge in [0.15, 0.2) is 0 Å². The van der Waals surface area contributed by atoms with Gasteiger partial charge in [0, 0.05) is 18.8 Å². The lowest BCUT2D eigenvalue weighted by Gasteiger charge is -2.45. The predicted molar refractivity (Wildman–Crippen MR) is 69.3 cm³/mol. The van der Waals surface area contributed by atoms with Crippen LogP contribution in [0.1, 0.15) is 23.2 Å². The fourth-order valence-electron chi connectivity index (χ4n) is 2.94. The first-order valence-electron chi connectivity index (χ1n) is 6.47. The molecule has 5 heteroatoms. The molecule has 1 atom stereocenters. The number of hydrogen-bond donors (Lipinski definition) is 2. The summed E-state index contributed by atoms with van der Waals surface area (Å²) in [6, 6.07) is 4.04. The molecule has 0 aromatic carbocycles. The van der Waals surface area contributed by atoms with Gasteiger partial charge in [-0.05, 0) is 44.0 Å². The summed E-state index contributed by atoms with van der Waals surface area (Å²) in [4.78, 5) is 17.7. The van der Waals surface area contributed by atoms with Crippen LogP contribution in [0.25, 0.3) is 0 Å². The zero-order valence-corrected chi connectivity index (χ0v) is 10.3. The zero-order valence-electron chi connectivity index (χ0n) is 10.3. The molecule has 0 aliphatic carbocycles. The van der Waals surface area contributed by atoms with E-state index in [-0.39, 0.29) is 0 Å². The number of nitrogens with two attached hydrogens (primary N) is 1. The van der Waals surface area contributed by atoms with Crippen LogP contribution in [0.3, 0.4) is 0 Å². The quantitative estimate of drug-likeness (QED) is 0.823. The Morgan fingerprint density at radius 3 is 2.67 bits per heavy atom. The summed E-state index contributed by atoms with van der Waals surface area (Å²) < 4.78 is 0. The normalized spacial score (nSPS) is 30.1. The smallest absolute Gasteiger partial charge is 0.250 e. The molecule has 18 heavy (non-hydrogen) atoms. The summed E-state index contributed by atoms with van der Waals surface area (Å²) in [5, 5.41) is 3.47. The Morgan fingerprint density at radius 1 is 1.39 bits per heavy atom. The number of nitrogens with one attached hydrogen (secondary N) is 1. The Kier molecular flexibility index (Phi) is 2.91. The van der Waals surface area contributed by atoms with Gasteiger partial charge in [0.25, 0.3) is 0 Å². The molecule has 4 rings (SSSR count). The van der Waals surface area contributed by atoms with Gasteiger partial charge in [-0.3, -0.25) is 4.79 Å². The fourth-order valence-corrected chi connectivity index (χ4v) is 2.94. The molecule has 3 aliphatic heterocycles. The maximum absolute atomic E-state index is 11.0. The molecular weight excluding hydrogens is 228 g/mol. The number of carbonyl (C=O) groups is 1. The minimum absolute atomic E-state index is 0.433. The van der Waals surface area contributed by atoms with E-state index in [9.17, 15) is 4.79 Å². The Labute approximate surface area is 106 Å². The molecule has 4 heterocycles. The Bertz CT molecular complexity index is 437. The highest BCUT2D eigenvalue weighted by Gasteiger charge is 2.33. The summed E-state index contributed by atoms with van der Waals surface area (Å²) in [7, 11) is 0. The van der Waals surface area contributed by atoms with Gasteiger partial charge in [-0.15, -0.1) is 0 Å². The van der Waals surface area contributed by atoms with E-state index in [2.05, 4.69) is 15.2 Å². The lowest BCUT2D eigenvalue weighted by atomic mass is 9.84. The van der Waals surface area contributed by atoms with E-state index in [1.807, 2.05) is 6.07 Å². The van der Waals surface area contributed by atoms with E-state index in [0.717, 1.165) is 18.3 Å². The maximum atomic E-state index is 11.0. The number of aromatic nitrogens is 1. The summed E-state index contributed by atoms with van der Waals surface area (Å²) >= 11 is 0. The summed E-state index contributed by atoms with van der Waals surface area (Å²) in [5.41, 5.74) is 5.64. The molecule has 96 valence electrons. The largest absolute Gasteiger partial charge is 0.366 e. The van der Waals surface area contributed by atoms with Crippen molar-refractivity contribution in [2.75, 3.05) is 25.0 Å². The van der Waals surface area contributed by atoms with Crippen LogP contribution >= 0.6 is 0 Å². The van der Waals surface area contributed by atoms with Crippen molar-refractivity contribution < 1.29 is 4.79 Å². The summed E-state index contributed by atoms with van der Waals surface area (Å²) in [6.45, 7) is 3.57. The lowest BCUT2D eigenvalue weighted by molar-refractivity contribution is 0.0973. The fraction of sp³-hybridized carbons (Fsp3) is 0.538. The third kappa shape index (κ3) is 2.18. The minimum atomic E-state index is -0.433. The van der Waals surface area contributed by atoms with Crippen LogP contribution in [0.5, 0.6) is 0 Å². The van der Waals surface area contributed by atoms with Crippen LogP contribution in [0, 0.1) is 5.92 Å². The van der Waals surface area contributed by atoms with Crippen LogP contribution in [-0.2, 0) is 0 Å². The minimum Gasteiger partial charge on any atom is -0.366 e. The van der Waals surface area contributed by atoms with E-state index in [0.29, 0.717) is 11.6 Å². The van der Waals surface area contributed by atoms with Crippen molar-refractivity contribution in [2.24, 2.45) is 11.7 Å². The third-order valence-electron chi connectivity index (χ3n) is 4.04. The maximum Gasteiger partial charge on any atom is 0.250 e. The molecule has 1 unspecified atom stereocenters. The zero-order chi connectivity index (χ0) is 12.5. The van der Waals surface area contributed by atoms with Gasteiger partial charge in [-0.2, -0.15) is 0 Å². The molecule has 3 N–H and O–H groups in total. The second kappa shape index (κ2) is 4.57. The molecule has 0 radical (unpaired) electrons. The summed E-state index contributed by atoms with van der Waals surface area (Å²) in [5.74, 6) is 1.16. The first kappa shape index (κ1) is 11.5. The average Bonchev–Trinajstić information content (AvgIpc) is 2.41. The monoisotopic (exact) mass is 246 g/mol. The van der Waals surface area contributed by atoms with Crippen molar-refractivity contribution in [3.8, 4) is 0 Å². The number of piperidine rings is 3. The number of rotatable bonds is 3. The van der Waals surface area contributed by atoms with E-state index >= 15 is 0 Å². The van der Waals surface area contributed by atoms with Crippen molar-refractivity contribution in [1.82, 2.24) is 9.88 Å². The van der Waals surface area contributed by atoms with Crippen LogP contribution in [0.4, 0.5) is 5.82 Å². The van der Waals surface area contributed by atoms with Crippen molar-refractivity contribution in [3.63, 3.8) is 0 Å². The molecule has 0 saturated carbocycles. The Hall–Kier alpha value is -1.62. The Morgan fingerprint density at radius 2 is 2.17 bits per heavy atom. The van der Waals surface area contributed by atoms with Gasteiger partial charge in [0.2, 0.25) is 5.91 Å². The number of primary amides is 1. The predicted octanol–water partition coefficient (Wildman–Crippen LogP) is 0.687. The molecule has 5 nitrogen and oxygen atoms in total. The molecule has 1 aromatic heterocycles. The number of anilines is 1. The highest BCUT2D eigenvalue weighted by atomic mass is 16.1. The van der Waals surface area contributed by atoms with Gasteiger partial charge in [0.05, 0.1) is 5.56 Å².